The second kappa shape index (κ2) is 9.93. The Morgan fingerprint density at radius 2 is 1.29 bits per heavy atom. The van der Waals surface area contributed by atoms with Gasteiger partial charge in [-0.25, -0.2) is 10.2 Å². The number of piperidine rings is 2. The highest BCUT2D eigenvalue weighted by atomic mass is 35.5. The lowest BCUT2D eigenvalue weighted by Gasteiger charge is -2.34. The first-order chi connectivity index (χ1) is 13.6. The minimum absolute atomic E-state index is 0.0216. The number of aromatic amines is 2. The van der Waals surface area contributed by atoms with E-state index in [2.05, 4.69) is 30.2 Å². The van der Waals surface area contributed by atoms with Crippen molar-refractivity contribution < 1.29 is 0 Å². The number of nitrogens with zero attached hydrogens (tertiary/aromatic N) is 4. The van der Waals surface area contributed by atoms with Crippen molar-refractivity contribution >= 4 is 34.6 Å². The predicted molar refractivity (Wildman–Crippen MR) is 112 cm³/mol. The second-order valence-corrected chi connectivity index (χ2v) is 7.67. The van der Waals surface area contributed by atoms with Gasteiger partial charge in [0.1, 0.15) is 10.7 Å². The van der Waals surface area contributed by atoms with Crippen LogP contribution in [-0.2, 0) is 0 Å². The van der Waals surface area contributed by atoms with Crippen molar-refractivity contribution in [3.63, 3.8) is 0 Å². The fraction of sp³-hybridized carbons (Fsp3) is 0.556. The molecule has 0 aliphatic carbocycles. The normalized spacial score (nSPS) is 17.1. The highest BCUT2D eigenvalue weighted by molar-refractivity contribution is 6.41. The van der Waals surface area contributed by atoms with Crippen LogP contribution in [0.25, 0.3) is 0 Å². The van der Waals surface area contributed by atoms with Crippen molar-refractivity contribution in [2.24, 2.45) is 0 Å². The van der Waals surface area contributed by atoms with E-state index in [9.17, 15) is 9.59 Å². The zero-order valence-corrected chi connectivity index (χ0v) is 17.1. The van der Waals surface area contributed by atoms with Crippen molar-refractivity contribution in [2.45, 2.75) is 38.5 Å². The molecule has 0 spiro atoms. The third kappa shape index (κ3) is 5.05. The van der Waals surface area contributed by atoms with Gasteiger partial charge in [-0.15, -0.1) is 0 Å². The van der Waals surface area contributed by atoms with E-state index in [0.29, 0.717) is 0 Å². The van der Waals surface area contributed by atoms with E-state index < -0.39 is 5.56 Å². The topological polar surface area (TPSA) is 98.0 Å². The van der Waals surface area contributed by atoms with Gasteiger partial charge >= 0.3 is 0 Å². The number of hydrogen-bond donors (Lipinski definition) is 2. The number of hydrogen-bond acceptors (Lipinski definition) is 6. The molecule has 0 atom stereocenters. The van der Waals surface area contributed by atoms with Gasteiger partial charge in [0.25, 0.3) is 11.1 Å². The van der Waals surface area contributed by atoms with Gasteiger partial charge in [0.15, 0.2) is 0 Å². The first kappa shape index (κ1) is 20.7. The molecule has 0 aromatic carbocycles. The molecule has 2 aliphatic rings. The largest absolute Gasteiger partial charge is 0.368 e. The summed E-state index contributed by atoms with van der Waals surface area (Å²) in [5.74, 6) is 0. The van der Waals surface area contributed by atoms with E-state index in [1.807, 2.05) is 6.20 Å². The zero-order chi connectivity index (χ0) is 19.9. The van der Waals surface area contributed by atoms with Crippen LogP contribution in [0.15, 0.2) is 22.0 Å². The first-order valence-corrected chi connectivity index (χ1v) is 10.3. The van der Waals surface area contributed by atoms with Crippen LogP contribution >= 0.6 is 23.2 Å². The van der Waals surface area contributed by atoms with E-state index in [4.69, 9.17) is 23.2 Å². The van der Waals surface area contributed by atoms with Crippen molar-refractivity contribution in [3.8, 4) is 0 Å². The van der Waals surface area contributed by atoms with E-state index in [1.54, 1.807) is 0 Å². The molecule has 8 nitrogen and oxygen atoms in total. The number of rotatable bonds is 2. The van der Waals surface area contributed by atoms with Gasteiger partial charge in [0.05, 0.1) is 23.1 Å². The Kier molecular flexibility index (Phi) is 7.33. The standard InChI is InChI=1S/C14H22N4O.C4H2Cl2N2O/c19-14-13(18-9-5-2-6-10-18)12(11-15-16-14)17-7-3-1-4-8-17;5-2-1-7-8-4(9)3(2)6/h11H,1-10H2,(H,16,19);1H,(H,8,9). The molecule has 0 radical (unpaired) electrons. The molecule has 152 valence electrons. The van der Waals surface area contributed by atoms with Crippen LogP contribution < -0.4 is 20.9 Å². The second-order valence-electron chi connectivity index (χ2n) is 6.89. The average molecular weight is 427 g/mol. The summed E-state index contributed by atoms with van der Waals surface area (Å²) < 4.78 is 0. The van der Waals surface area contributed by atoms with Crippen LogP contribution in [0.3, 0.4) is 0 Å². The van der Waals surface area contributed by atoms with Gasteiger partial charge in [0, 0.05) is 26.2 Å². The summed E-state index contributed by atoms with van der Waals surface area (Å²) in [5, 5.41) is 12.3. The summed E-state index contributed by atoms with van der Waals surface area (Å²) in [6.45, 7) is 4.08. The molecular formula is C18H24Cl2N6O2. The molecular weight excluding hydrogens is 403 g/mol. The molecule has 2 aromatic heterocycles. The highest BCUT2D eigenvalue weighted by Gasteiger charge is 2.22. The lowest BCUT2D eigenvalue weighted by Crippen LogP contribution is -2.38. The lowest BCUT2D eigenvalue weighted by molar-refractivity contribution is 0.562. The maximum absolute atomic E-state index is 12.2. The quantitative estimate of drug-likeness (QED) is 0.765. The first-order valence-electron chi connectivity index (χ1n) is 9.54. The van der Waals surface area contributed by atoms with Gasteiger partial charge in [-0.05, 0) is 38.5 Å². The van der Waals surface area contributed by atoms with Gasteiger partial charge in [-0.1, -0.05) is 23.2 Å². The zero-order valence-electron chi connectivity index (χ0n) is 15.6. The number of halogens is 2. The summed E-state index contributed by atoms with van der Waals surface area (Å²) >= 11 is 10.8. The van der Waals surface area contributed by atoms with Gasteiger partial charge in [-0.3, -0.25) is 9.59 Å². The molecule has 28 heavy (non-hydrogen) atoms. The molecule has 2 N–H and O–H groups in total. The van der Waals surface area contributed by atoms with E-state index >= 15 is 0 Å². The Hall–Kier alpha value is -2.06. The number of H-pyrrole nitrogens is 2. The Morgan fingerprint density at radius 1 is 0.750 bits per heavy atom. The summed E-state index contributed by atoms with van der Waals surface area (Å²) in [7, 11) is 0. The molecule has 2 aliphatic heterocycles. The Balaban J connectivity index is 0.000000211. The Labute approximate surface area is 172 Å². The highest BCUT2D eigenvalue weighted by Crippen LogP contribution is 2.29. The molecule has 2 saturated heterocycles. The third-order valence-electron chi connectivity index (χ3n) is 4.93. The molecule has 0 unspecified atom stereocenters. The smallest absolute Gasteiger partial charge is 0.289 e. The monoisotopic (exact) mass is 426 g/mol. The average Bonchev–Trinajstić information content (AvgIpc) is 2.73. The van der Waals surface area contributed by atoms with Crippen LogP contribution in [0, 0.1) is 0 Å². The predicted octanol–water partition coefficient (Wildman–Crippen LogP) is 2.83. The fourth-order valence-electron chi connectivity index (χ4n) is 3.53. The van der Waals surface area contributed by atoms with Crippen LogP contribution in [0.4, 0.5) is 11.4 Å². The minimum atomic E-state index is -0.468. The summed E-state index contributed by atoms with van der Waals surface area (Å²) in [5.41, 5.74) is 1.37. The van der Waals surface area contributed by atoms with Gasteiger partial charge in [0.2, 0.25) is 0 Å². The lowest BCUT2D eigenvalue weighted by atomic mass is 10.1. The van der Waals surface area contributed by atoms with Crippen molar-refractivity contribution in [1.82, 2.24) is 20.4 Å². The number of nitrogens with one attached hydrogen (secondary N) is 2. The molecule has 0 bridgehead atoms. The molecule has 10 heteroatoms. The van der Waals surface area contributed by atoms with E-state index in [1.165, 1.54) is 44.7 Å². The summed E-state index contributed by atoms with van der Waals surface area (Å²) in [4.78, 5) is 27.3. The van der Waals surface area contributed by atoms with Crippen molar-refractivity contribution in [3.05, 3.63) is 43.1 Å². The summed E-state index contributed by atoms with van der Waals surface area (Å²) in [6, 6.07) is 0. The van der Waals surface area contributed by atoms with Gasteiger partial charge < -0.3 is 9.80 Å². The molecule has 4 rings (SSSR count). The number of anilines is 2. The SMILES string of the molecule is O=c1[nH]ncc(Cl)c1Cl.O=c1[nH]ncc(N2CCCCC2)c1N1CCCCC1. The summed E-state index contributed by atoms with van der Waals surface area (Å²) in [6.07, 6.45) is 10.5. The van der Waals surface area contributed by atoms with Gasteiger partial charge in [-0.2, -0.15) is 10.2 Å². The van der Waals surface area contributed by atoms with Crippen LogP contribution in [0.2, 0.25) is 10.0 Å². The van der Waals surface area contributed by atoms with Crippen molar-refractivity contribution in [2.75, 3.05) is 36.0 Å². The number of aromatic nitrogens is 4. The van der Waals surface area contributed by atoms with Crippen LogP contribution in [0.5, 0.6) is 0 Å². The van der Waals surface area contributed by atoms with E-state index in [-0.39, 0.29) is 15.6 Å². The van der Waals surface area contributed by atoms with Crippen molar-refractivity contribution in [1.29, 1.82) is 0 Å². The Bertz CT molecular complexity index is 888. The van der Waals surface area contributed by atoms with Crippen LogP contribution in [0.1, 0.15) is 38.5 Å². The third-order valence-corrected chi connectivity index (χ3v) is 5.69. The Morgan fingerprint density at radius 3 is 1.86 bits per heavy atom. The molecule has 0 amide bonds. The molecule has 4 heterocycles. The van der Waals surface area contributed by atoms with Crippen LogP contribution in [-0.4, -0.2) is 46.6 Å². The minimum Gasteiger partial charge on any atom is -0.368 e. The molecule has 2 aromatic rings. The maximum atomic E-state index is 12.2. The maximum Gasteiger partial charge on any atom is 0.289 e. The van der Waals surface area contributed by atoms with E-state index in [0.717, 1.165) is 37.6 Å². The fourth-order valence-corrected chi connectivity index (χ4v) is 3.76. The molecule has 0 saturated carbocycles. The molecule has 2 fully saturated rings.